The summed E-state index contributed by atoms with van der Waals surface area (Å²) >= 11 is 6.34. The van der Waals surface area contributed by atoms with E-state index in [1.54, 1.807) is 24.4 Å². The van der Waals surface area contributed by atoms with E-state index < -0.39 is 31.4 Å². The molecular formula is C46H50ClN7O8S. The number of halogens is 1. The van der Waals surface area contributed by atoms with E-state index >= 15 is 0 Å². The van der Waals surface area contributed by atoms with Crippen molar-refractivity contribution in [3.8, 4) is 11.5 Å². The van der Waals surface area contributed by atoms with Gasteiger partial charge >= 0.3 is 0 Å². The molecule has 1 saturated carbocycles. The van der Waals surface area contributed by atoms with Gasteiger partial charge in [0.2, 0.25) is 5.91 Å². The summed E-state index contributed by atoms with van der Waals surface area (Å²) in [5.74, 6) is 0.282. The molecule has 330 valence electrons. The first-order valence-electron chi connectivity index (χ1n) is 21.6. The topological polar surface area (TPSA) is 189 Å². The number of aromatic nitrogens is 2. The first-order valence-corrected chi connectivity index (χ1v) is 23.5. The number of anilines is 2. The number of nitrogens with zero attached hydrogens (tertiary/aromatic N) is 4. The number of likely N-dealkylation sites (tertiary alicyclic amines) is 1. The number of H-pyrrole nitrogens is 1. The van der Waals surface area contributed by atoms with Crippen molar-refractivity contribution in [2.24, 2.45) is 17.3 Å². The van der Waals surface area contributed by atoms with Gasteiger partial charge in [0.15, 0.2) is 0 Å². The van der Waals surface area contributed by atoms with Gasteiger partial charge in [-0.15, -0.1) is 0 Å². The number of aryl methyl sites for hydroxylation is 1. The molecule has 3 saturated heterocycles. The van der Waals surface area contributed by atoms with Crippen LogP contribution in [0.25, 0.3) is 11.0 Å². The van der Waals surface area contributed by atoms with Gasteiger partial charge < -0.3 is 29.6 Å². The van der Waals surface area contributed by atoms with Gasteiger partial charge in [0, 0.05) is 73.8 Å². The van der Waals surface area contributed by atoms with E-state index in [2.05, 4.69) is 42.8 Å². The molecule has 63 heavy (non-hydrogen) atoms. The average molecular weight is 896 g/mol. The summed E-state index contributed by atoms with van der Waals surface area (Å²) in [5.41, 5.74) is 3.09. The summed E-state index contributed by atoms with van der Waals surface area (Å²) in [6, 6.07) is 18.2. The summed E-state index contributed by atoms with van der Waals surface area (Å²) in [4.78, 5) is 50.6. The van der Waals surface area contributed by atoms with Crippen molar-refractivity contribution in [2.45, 2.75) is 69.2 Å². The van der Waals surface area contributed by atoms with Crippen LogP contribution >= 0.6 is 11.6 Å². The Kier molecular flexibility index (Phi) is 11.8. The molecule has 15 nitrogen and oxygen atoms in total. The molecule has 1 unspecified atom stereocenters. The van der Waals surface area contributed by atoms with Crippen molar-refractivity contribution >= 4 is 61.5 Å². The lowest BCUT2D eigenvalue weighted by molar-refractivity contribution is -0.384. The highest BCUT2D eigenvalue weighted by molar-refractivity contribution is 7.90. The molecule has 5 aromatic rings. The van der Waals surface area contributed by atoms with Gasteiger partial charge in [-0.25, -0.2) is 18.1 Å². The Labute approximate surface area is 370 Å². The summed E-state index contributed by atoms with van der Waals surface area (Å²) in [6.07, 6.45) is 10.5. The van der Waals surface area contributed by atoms with Crippen LogP contribution in [-0.2, 0) is 19.6 Å². The minimum atomic E-state index is -4.57. The van der Waals surface area contributed by atoms with Crippen LogP contribution in [0.15, 0.2) is 84.0 Å². The first kappa shape index (κ1) is 42.6. The highest BCUT2D eigenvalue weighted by Crippen LogP contribution is 2.60. The molecule has 2 amide bonds. The molecule has 2 aromatic heterocycles. The molecule has 17 heteroatoms. The molecule has 3 N–H and O–H groups in total. The Balaban J connectivity index is 0.921. The van der Waals surface area contributed by atoms with Gasteiger partial charge in [-0.1, -0.05) is 30.5 Å². The molecule has 5 heterocycles. The van der Waals surface area contributed by atoms with Crippen LogP contribution < -0.4 is 19.7 Å². The van der Waals surface area contributed by atoms with Gasteiger partial charge in [0.05, 0.1) is 33.0 Å². The molecule has 3 aliphatic heterocycles. The molecule has 9 rings (SSSR count). The zero-order valence-corrected chi connectivity index (χ0v) is 36.6. The van der Waals surface area contributed by atoms with Crippen molar-refractivity contribution in [3.63, 3.8) is 0 Å². The SMILES string of the molecule is Cc1cc(Cl)ccc1C1N(CC2CCN(c3ccc(C(=O)NS(=O)(=O)c4ccc(NCC5CCOCC5)c([N+](=O)[O-])c4)c(Oc4cnc5[nH]ccc5c4)c3)CC2)C(=O)C12CCCC2. The van der Waals surface area contributed by atoms with Gasteiger partial charge in [-0.2, -0.15) is 0 Å². The van der Waals surface area contributed by atoms with Crippen LogP contribution in [0, 0.1) is 34.3 Å². The van der Waals surface area contributed by atoms with E-state index in [1.807, 2.05) is 18.2 Å². The Morgan fingerprint density at radius 1 is 1.02 bits per heavy atom. The maximum atomic E-state index is 13.9. The fourth-order valence-electron chi connectivity index (χ4n) is 10.00. The number of benzene rings is 3. The summed E-state index contributed by atoms with van der Waals surface area (Å²) in [6.45, 7) is 5.85. The van der Waals surface area contributed by atoms with Crippen LogP contribution in [-0.4, -0.2) is 79.4 Å². The van der Waals surface area contributed by atoms with Crippen molar-refractivity contribution in [3.05, 3.63) is 111 Å². The highest BCUT2D eigenvalue weighted by atomic mass is 35.5. The third kappa shape index (κ3) is 8.55. The number of nitro benzene ring substituents is 1. The summed E-state index contributed by atoms with van der Waals surface area (Å²) in [7, 11) is -4.57. The molecule has 0 radical (unpaired) electrons. The highest BCUT2D eigenvalue weighted by Gasteiger charge is 2.62. The molecule has 4 fully saturated rings. The maximum absolute atomic E-state index is 13.9. The number of hydrogen-bond donors (Lipinski definition) is 3. The number of fused-ring (bicyclic) bond motifs is 1. The number of nitro groups is 1. The van der Waals surface area contributed by atoms with Crippen molar-refractivity contribution < 1.29 is 32.4 Å². The lowest BCUT2D eigenvalue weighted by atomic mass is 9.65. The average Bonchev–Trinajstić information content (AvgIpc) is 3.98. The van der Waals surface area contributed by atoms with E-state index in [0.29, 0.717) is 55.8 Å². The third-order valence-electron chi connectivity index (χ3n) is 13.4. The van der Waals surface area contributed by atoms with Gasteiger partial charge in [0.25, 0.3) is 21.6 Å². The second-order valence-electron chi connectivity index (χ2n) is 17.3. The minimum Gasteiger partial charge on any atom is -0.455 e. The lowest BCUT2D eigenvalue weighted by Gasteiger charge is -2.56. The predicted octanol–water partition coefficient (Wildman–Crippen LogP) is 8.54. The van der Waals surface area contributed by atoms with Gasteiger partial charge in [-0.05, 0) is 117 Å². The van der Waals surface area contributed by atoms with E-state index in [0.717, 1.165) is 74.1 Å². The monoisotopic (exact) mass is 895 g/mol. The smallest absolute Gasteiger partial charge is 0.293 e. The molecule has 3 aromatic carbocycles. The number of carbonyl (C=O) groups is 2. The van der Waals surface area contributed by atoms with Crippen LogP contribution in [0.1, 0.15) is 78.9 Å². The standard InChI is InChI=1S/C46H50ClN7O8S/c1-29-22-33(47)4-7-37(29)42-46(15-2-3-16-46)45(56)53(42)28-31-11-18-52(19-12-31)34-5-8-38(41(24-34)62-35-23-32-10-17-48-43(32)50-27-35)44(55)51-63(59,60)36-6-9-39(40(25-36)54(57)58)49-26-30-13-20-61-21-14-30/h4-10,17,22-25,27,30-31,42,49H,2-3,11-16,18-21,26,28H2,1H3,(H,48,50)(H,51,55). The van der Waals surface area contributed by atoms with E-state index in [-0.39, 0.29) is 46.2 Å². The molecule has 1 atom stereocenters. The number of rotatable bonds is 13. The zero-order valence-electron chi connectivity index (χ0n) is 35.0. The number of hydrogen-bond acceptors (Lipinski definition) is 11. The van der Waals surface area contributed by atoms with Crippen molar-refractivity contribution in [1.82, 2.24) is 19.6 Å². The van der Waals surface area contributed by atoms with Gasteiger partial charge in [0.1, 0.15) is 22.8 Å². The van der Waals surface area contributed by atoms with Crippen molar-refractivity contribution in [2.75, 3.05) is 49.6 Å². The first-order chi connectivity index (χ1) is 30.4. The van der Waals surface area contributed by atoms with Gasteiger partial charge in [-0.3, -0.25) is 19.7 Å². The number of pyridine rings is 1. The normalized spacial score (nSPS) is 19.3. The van der Waals surface area contributed by atoms with Crippen molar-refractivity contribution in [1.29, 1.82) is 0 Å². The van der Waals surface area contributed by atoms with Crippen LogP contribution in [0.4, 0.5) is 17.1 Å². The number of piperidine rings is 1. The minimum absolute atomic E-state index is 0.0451. The zero-order chi connectivity index (χ0) is 43.9. The van der Waals surface area contributed by atoms with Crippen LogP contribution in [0.2, 0.25) is 5.02 Å². The maximum Gasteiger partial charge on any atom is 0.293 e. The molecule has 1 aliphatic carbocycles. The van der Waals surface area contributed by atoms with Crippen LogP contribution in [0.5, 0.6) is 11.5 Å². The number of carbonyl (C=O) groups excluding carboxylic acids is 2. The lowest BCUT2D eigenvalue weighted by Crippen LogP contribution is -2.63. The quantitative estimate of drug-likeness (QED) is 0.0584. The fraction of sp³-hybridized carbons (Fsp3) is 0.413. The molecule has 4 aliphatic rings. The van der Waals surface area contributed by atoms with Crippen LogP contribution in [0.3, 0.4) is 0 Å². The number of amides is 2. The number of aromatic amines is 1. The second-order valence-corrected chi connectivity index (χ2v) is 19.4. The fourth-order valence-corrected chi connectivity index (χ4v) is 11.2. The van der Waals surface area contributed by atoms with E-state index in [4.69, 9.17) is 21.1 Å². The molecule has 0 bridgehead atoms. The summed E-state index contributed by atoms with van der Waals surface area (Å²) in [5, 5.41) is 16.6. The predicted molar refractivity (Wildman–Crippen MR) is 239 cm³/mol. The Hall–Kier alpha value is -5.71. The van der Waals surface area contributed by atoms with E-state index in [9.17, 15) is 28.1 Å². The largest absolute Gasteiger partial charge is 0.455 e. The van der Waals surface area contributed by atoms with E-state index in [1.165, 1.54) is 30.0 Å². The summed E-state index contributed by atoms with van der Waals surface area (Å²) < 4.78 is 41.2. The second kappa shape index (κ2) is 17.5. The molecule has 1 spiro atoms. The third-order valence-corrected chi connectivity index (χ3v) is 15.0. The Morgan fingerprint density at radius 2 is 1.79 bits per heavy atom. The number of sulfonamides is 1. The Morgan fingerprint density at radius 3 is 2.54 bits per heavy atom. The number of ether oxygens (including phenoxy) is 2. The Bertz CT molecular complexity index is 2670. The number of β-lactam (4-membered cyclic amide) rings is 1. The number of nitrogens with one attached hydrogen (secondary N) is 3. The molecular weight excluding hydrogens is 846 g/mol.